The molecule has 3 fully saturated rings. The topological polar surface area (TPSA) is 87.4 Å². The largest absolute Gasteiger partial charge is 0.374 e. The Labute approximate surface area is 226 Å². The Morgan fingerprint density at radius 1 is 1.24 bits per heavy atom. The summed E-state index contributed by atoms with van der Waals surface area (Å²) in [4.78, 5) is 31.5. The van der Waals surface area contributed by atoms with E-state index in [-0.39, 0.29) is 30.1 Å². The van der Waals surface area contributed by atoms with Crippen LogP contribution in [0.3, 0.4) is 0 Å². The lowest BCUT2D eigenvalue weighted by molar-refractivity contribution is -0.100. The zero-order valence-electron chi connectivity index (χ0n) is 23.1. The van der Waals surface area contributed by atoms with Crippen LogP contribution in [0.25, 0.3) is 0 Å². The average molecular weight is 520 g/mol. The molecular formula is C29H41N7O2. The predicted octanol–water partition coefficient (Wildman–Crippen LogP) is 4.20. The van der Waals surface area contributed by atoms with E-state index in [1.807, 2.05) is 35.0 Å². The molecule has 0 saturated carbocycles. The van der Waals surface area contributed by atoms with Crippen molar-refractivity contribution in [2.75, 3.05) is 44.0 Å². The Hall–Kier alpha value is -3.30. The van der Waals surface area contributed by atoms with Crippen molar-refractivity contribution < 1.29 is 6.16 Å². The molecular weight excluding hydrogens is 478 g/mol. The smallest absolute Gasteiger partial charge is 0.252 e. The standard InChI is InChI=1S/C29H39N7O2.H2/c1-20-26(36(24-9-7-8-13-31-24)23-18-28(2,3)38-19-29(20,23)4)33-27(30-5)32-21-10-16-35(25(37)17-21)22-11-14-34(6)15-12-22;/h7-10,13,16-17,22-23H,1,11-12,14-15,18-19H2,2-6H3,(H,30,32);1H/b33-26+;/t23-,29-;/m1./s1. The fraction of sp³-hybridized carbons (Fsp3) is 0.517. The van der Waals surface area contributed by atoms with E-state index in [1.54, 1.807) is 19.3 Å². The van der Waals surface area contributed by atoms with Gasteiger partial charge in [-0.1, -0.05) is 19.6 Å². The Morgan fingerprint density at radius 3 is 2.66 bits per heavy atom. The van der Waals surface area contributed by atoms with Gasteiger partial charge in [0.2, 0.25) is 5.96 Å². The maximum absolute atomic E-state index is 13.0. The van der Waals surface area contributed by atoms with Crippen LogP contribution < -0.4 is 15.8 Å². The molecule has 9 nitrogen and oxygen atoms in total. The van der Waals surface area contributed by atoms with Gasteiger partial charge in [-0.3, -0.25) is 9.79 Å². The minimum atomic E-state index is -0.320. The predicted molar refractivity (Wildman–Crippen MR) is 155 cm³/mol. The lowest BCUT2D eigenvalue weighted by Crippen LogP contribution is -2.52. The normalized spacial score (nSPS) is 27.6. The van der Waals surface area contributed by atoms with Crippen molar-refractivity contribution in [1.82, 2.24) is 14.5 Å². The molecule has 204 valence electrons. The van der Waals surface area contributed by atoms with Gasteiger partial charge in [-0.2, -0.15) is 4.99 Å². The summed E-state index contributed by atoms with van der Waals surface area (Å²) in [5.41, 5.74) is 0.935. The van der Waals surface area contributed by atoms with Gasteiger partial charge in [0.15, 0.2) is 0 Å². The van der Waals surface area contributed by atoms with Crippen molar-refractivity contribution in [2.24, 2.45) is 15.4 Å². The molecule has 5 heterocycles. The van der Waals surface area contributed by atoms with Crippen LogP contribution >= 0.6 is 0 Å². The highest BCUT2D eigenvalue weighted by Crippen LogP contribution is 2.50. The third-order valence-corrected chi connectivity index (χ3v) is 8.29. The molecule has 1 N–H and O–H groups in total. The number of pyridine rings is 2. The van der Waals surface area contributed by atoms with E-state index in [0.717, 1.165) is 43.7 Å². The van der Waals surface area contributed by atoms with Gasteiger partial charge >= 0.3 is 0 Å². The molecule has 5 rings (SSSR count). The van der Waals surface area contributed by atoms with Gasteiger partial charge in [0.05, 0.1) is 18.2 Å². The quantitative estimate of drug-likeness (QED) is 0.483. The molecule has 2 aromatic heterocycles. The van der Waals surface area contributed by atoms with Gasteiger partial charge < -0.3 is 24.4 Å². The summed E-state index contributed by atoms with van der Waals surface area (Å²) >= 11 is 0. The maximum atomic E-state index is 13.0. The number of hydrogen-bond acceptors (Lipinski definition) is 5. The summed E-state index contributed by atoms with van der Waals surface area (Å²) in [6, 6.07) is 9.75. The van der Waals surface area contributed by atoms with Crippen molar-refractivity contribution in [1.29, 1.82) is 0 Å². The summed E-state index contributed by atoms with van der Waals surface area (Å²) in [5, 5.41) is 3.26. The van der Waals surface area contributed by atoms with E-state index in [1.165, 1.54) is 0 Å². The minimum absolute atomic E-state index is 0. The van der Waals surface area contributed by atoms with Gasteiger partial charge in [-0.25, -0.2) is 4.98 Å². The number of likely N-dealkylation sites (tertiary alicyclic amines) is 1. The number of aliphatic imine (C=N–C) groups is 2. The van der Waals surface area contributed by atoms with Crippen LogP contribution in [-0.4, -0.2) is 71.7 Å². The zero-order chi connectivity index (χ0) is 27.1. The Balaban J connectivity index is 0.00000353. The molecule has 0 radical (unpaired) electrons. The number of hydrogen-bond donors (Lipinski definition) is 1. The number of aromatic nitrogens is 2. The van der Waals surface area contributed by atoms with Crippen LogP contribution in [0.5, 0.6) is 0 Å². The molecule has 3 aliphatic rings. The number of fused-ring (bicyclic) bond motifs is 1. The summed E-state index contributed by atoms with van der Waals surface area (Å²) < 4.78 is 8.09. The SMILES string of the molecule is C=C1/C(=N\C(=NC)Nc2ccn(C3CCN(C)CC3)c(=O)c2)N(c2ccccn2)[C@@H]2CC(C)(C)OC[C@]12C.[HH]. The summed E-state index contributed by atoms with van der Waals surface area (Å²) in [7, 11) is 3.81. The number of nitrogens with zero attached hydrogens (tertiary/aromatic N) is 6. The van der Waals surface area contributed by atoms with E-state index in [0.29, 0.717) is 24.1 Å². The molecule has 9 heteroatoms. The Morgan fingerprint density at radius 2 is 2.00 bits per heavy atom. The third kappa shape index (κ3) is 4.92. The molecule has 38 heavy (non-hydrogen) atoms. The van der Waals surface area contributed by atoms with E-state index >= 15 is 0 Å². The van der Waals surface area contributed by atoms with E-state index < -0.39 is 0 Å². The van der Waals surface area contributed by atoms with Crippen molar-refractivity contribution in [3.8, 4) is 0 Å². The monoisotopic (exact) mass is 519 g/mol. The highest BCUT2D eigenvalue weighted by Gasteiger charge is 2.56. The molecule has 0 aliphatic carbocycles. The second kappa shape index (κ2) is 10.1. The second-order valence-electron chi connectivity index (χ2n) is 11.5. The first-order chi connectivity index (χ1) is 18.1. The summed E-state index contributed by atoms with van der Waals surface area (Å²) in [6.07, 6.45) is 6.43. The third-order valence-electron chi connectivity index (χ3n) is 8.29. The van der Waals surface area contributed by atoms with Crippen LogP contribution in [0.2, 0.25) is 0 Å². The maximum Gasteiger partial charge on any atom is 0.252 e. The van der Waals surface area contributed by atoms with Gasteiger partial charge in [0, 0.05) is 44.1 Å². The number of piperidine rings is 1. The number of nitrogens with one attached hydrogen (secondary N) is 1. The Kier molecular flexibility index (Phi) is 7.00. The number of amidine groups is 1. The molecule has 2 atom stereocenters. The first-order valence-electron chi connectivity index (χ1n) is 13.4. The molecule has 0 unspecified atom stereocenters. The first kappa shape index (κ1) is 26.3. The van der Waals surface area contributed by atoms with Crippen LogP contribution in [0.15, 0.2) is 69.7 Å². The number of anilines is 2. The van der Waals surface area contributed by atoms with E-state index in [2.05, 4.69) is 59.5 Å². The summed E-state index contributed by atoms with van der Waals surface area (Å²) in [5.74, 6) is 1.93. The van der Waals surface area contributed by atoms with E-state index in [4.69, 9.17) is 9.73 Å². The fourth-order valence-electron chi connectivity index (χ4n) is 5.80. The highest BCUT2D eigenvalue weighted by molar-refractivity contribution is 6.18. The van der Waals surface area contributed by atoms with Crippen molar-refractivity contribution in [2.45, 2.75) is 57.7 Å². The molecule has 3 aliphatic heterocycles. The molecule has 0 amide bonds. The van der Waals surface area contributed by atoms with Gasteiger partial charge in [-0.15, -0.1) is 0 Å². The van der Waals surface area contributed by atoms with Crippen molar-refractivity contribution in [3.05, 3.63) is 65.2 Å². The highest BCUT2D eigenvalue weighted by atomic mass is 16.5. The number of rotatable bonds is 3. The second-order valence-corrected chi connectivity index (χ2v) is 11.5. The van der Waals surface area contributed by atoms with Crippen LogP contribution in [0.4, 0.5) is 11.5 Å². The zero-order valence-corrected chi connectivity index (χ0v) is 23.1. The molecule has 0 spiro atoms. The van der Waals surface area contributed by atoms with Gasteiger partial charge in [-0.05, 0) is 77.0 Å². The van der Waals surface area contributed by atoms with Crippen LogP contribution in [0.1, 0.15) is 47.5 Å². The van der Waals surface area contributed by atoms with Gasteiger partial charge in [0.1, 0.15) is 11.7 Å². The first-order valence-corrected chi connectivity index (χ1v) is 13.4. The van der Waals surface area contributed by atoms with E-state index in [9.17, 15) is 4.79 Å². The fourth-order valence-corrected chi connectivity index (χ4v) is 5.80. The van der Waals surface area contributed by atoms with Crippen molar-refractivity contribution >= 4 is 23.3 Å². The molecule has 3 saturated heterocycles. The number of ether oxygens (including phenoxy) is 1. The van der Waals surface area contributed by atoms with Gasteiger partial charge in [0.25, 0.3) is 5.56 Å². The average Bonchev–Trinajstić information content (AvgIpc) is 3.10. The molecule has 0 bridgehead atoms. The summed E-state index contributed by atoms with van der Waals surface area (Å²) in [6.45, 7) is 13.4. The van der Waals surface area contributed by atoms with Crippen molar-refractivity contribution in [3.63, 3.8) is 0 Å². The molecule has 2 aromatic rings. The lowest BCUT2D eigenvalue weighted by Gasteiger charge is -2.45. The van der Waals surface area contributed by atoms with Crippen LogP contribution in [-0.2, 0) is 4.74 Å². The minimum Gasteiger partial charge on any atom is -0.374 e. The molecule has 0 aromatic carbocycles. The number of guanidine groups is 1. The Bertz CT molecular complexity index is 1310. The van der Waals surface area contributed by atoms with Crippen LogP contribution in [0, 0.1) is 5.41 Å². The lowest BCUT2D eigenvalue weighted by atomic mass is 9.73.